The first-order valence-corrected chi connectivity index (χ1v) is 6.76. The number of hydrogen-bond donors (Lipinski definition) is 2. The Bertz CT molecular complexity index is 566. The van der Waals surface area contributed by atoms with Gasteiger partial charge in [0.1, 0.15) is 11.7 Å². The zero-order valence-corrected chi connectivity index (χ0v) is 11.3. The van der Waals surface area contributed by atoms with Gasteiger partial charge in [-0.3, -0.25) is 9.59 Å². The highest BCUT2D eigenvalue weighted by Crippen LogP contribution is 2.26. The third-order valence-electron chi connectivity index (χ3n) is 3.83. The van der Waals surface area contributed by atoms with Gasteiger partial charge in [0.2, 0.25) is 5.56 Å². The monoisotopic (exact) mass is 278 g/mol. The zero-order valence-electron chi connectivity index (χ0n) is 11.3. The van der Waals surface area contributed by atoms with E-state index in [2.05, 4.69) is 4.98 Å². The molecule has 0 aliphatic carbocycles. The second-order valence-electron chi connectivity index (χ2n) is 5.08. The first-order chi connectivity index (χ1) is 9.52. The number of rotatable bonds is 3. The van der Waals surface area contributed by atoms with E-state index >= 15 is 0 Å². The molecule has 6 heteroatoms. The Morgan fingerprint density at radius 1 is 1.45 bits per heavy atom. The van der Waals surface area contributed by atoms with Crippen LogP contribution in [0.25, 0.3) is 0 Å². The minimum absolute atomic E-state index is 0.138. The Morgan fingerprint density at radius 2 is 2.20 bits per heavy atom. The van der Waals surface area contributed by atoms with Crippen molar-refractivity contribution in [2.75, 3.05) is 6.54 Å². The van der Waals surface area contributed by atoms with E-state index < -0.39 is 17.9 Å². The minimum atomic E-state index is -0.991. The lowest BCUT2D eigenvalue weighted by Gasteiger charge is -2.36. The summed E-state index contributed by atoms with van der Waals surface area (Å²) in [6, 6.07) is 3.48. The van der Waals surface area contributed by atoms with Gasteiger partial charge in [-0.2, -0.15) is 0 Å². The summed E-state index contributed by atoms with van der Waals surface area (Å²) in [5.41, 5.74) is -0.232. The van der Waals surface area contributed by atoms with Crippen LogP contribution in [0, 0.1) is 5.92 Å². The molecule has 2 unspecified atom stereocenters. The molecule has 6 nitrogen and oxygen atoms in total. The summed E-state index contributed by atoms with van der Waals surface area (Å²) in [4.78, 5) is 38.8. The van der Waals surface area contributed by atoms with Crippen molar-refractivity contribution in [1.82, 2.24) is 9.88 Å². The van der Waals surface area contributed by atoms with Crippen molar-refractivity contribution in [1.29, 1.82) is 0 Å². The second-order valence-corrected chi connectivity index (χ2v) is 5.08. The van der Waals surface area contributed by atoms with E-state index in [4.69, 9.17) is 0 Å². The molecule has 1 aromatic rings. The van der Waals surface area contributed by atoms with Gasteiger partial charge in [-0.15, -0.1) is 0 Å². The number of hydrogen-bond acceptors (Lipinski definition) is 3. The fraction of sp³-hybridized carbons (Fsp3) is 0.500. The molecule has 2 atom stereocenters. The SMILES string of the molecule is CCC1CCN(C(=O)c2cccc(=O)[nH]2)C(C(=O)O)C1. The lowest BCUT2D eigenvalue weighted by molar-refractivity contribution is -0.144. The quantitative estimate of drug-likeness (QED) is 0.866. The van der Waals surface area contributed by atoms with Gasteiger partial charge in [0.25, 0.3) is 5.91 Å². The molecule has 1 fully saturated rings. The number of piperidine rings is 1. The topological polar surface area (TPSA) is 90.5 Å². The molecular weight excluding hydrogens is 260 g/mol. The fourth-order valence-corrected chi connectivity index (χ4v) is 2.61. The molecule has 0 radical (unpaired) electrons. The molecule has 0 bridgehead atoms. The summed E-state index contributed by atoms with van der Waals surface area (Å²) in [5, 5.41) is 9.31. The highest BCUT2D eigenvalue weighted by atomic mass is 16.4. The van der Waals surface area contributed by atoms with E-state index in [1.54, 1.807) is 0 Å². The number of carboxylic acid groups (broad SMARTS) is 1. The van der Waals surface area contributed by atoms with Gasteiger partial charge in [-0.25, -0.2) is 4.79 Å². The fourth-order valence-electron chi connectivity index (χ4n) is 2.61. The number of carbonyl (C=O) groups is 2. The van der Waals surface area contributed by atoms with Crippen LogP contribution in [0.1, 0.15) is 36.7 Å². The highest BCUT2D eigenvalue weighted by molar-refractivity contribution is 5.95. The second kappa shape index (κ2) is 5.90. The molecule has 1 aromatic heterocycles. The van der Waals surface area contributed by atoms with Crippen molar-refractivity contribution >= 4 is 11.9 Å². The summed E-state index contributed by atoms with van der Waals surface area (Å²) in [6.07, 6.45) is 2.17. The number of aliphatic carboxylic acids is 1. The summed E-state index contributed by atoms with van der Waals surface area (Å²) >= 11 is 0. The molecule has 1 aliphatic heterocycles. The smallest absolute Gasteiger partial charge is 0.326 e. The number of carbonyl (C=O) groups excluding carboxylic acids is 1. The van der Waals surface area contributed by atoms with Crippen LogP contribution in [0.3, 0.4) is 0 Å². The standard InChI is InChI=1S/C14H18N2O4/c1-2-9-6-7-16(11(8-9)14(19)20)13(18)10-4-3-5-12(17)15-10/h3-5,9,11H,2,6-8H2,1H3,(H,15,17)(H,19,20). The average molecular weight is 278 g/mol. The number of nitrogens with zero attached hydrogens (tertiary/aromatic N) is 1. The molecule has 1 saturated heterocycles. The van der Waals surface area contributed by atoms with Gasteiger partial charge in [-0.1, -0.05) is 19.4 Å². The van der Waals surface area contributed by atoms with E-state index in [1.807, 2.05) is 6.92 Å². The van der Waals surface area contributed by atoms with E-state index in [1.165, 1.54) is 23.1 Å². The largest absolute Gasteiger partial charge is 0.480 e. The van der Waals surface area contributed by atoms with Crippen LogP contribution in [0.5, 0.6) is 0 Å². The van der Waals surface area contributed by atoms with Crippen molar-refractivity contribution in [3.8, 4) is 0 Å². The molecule has 1 aliphatic rings. The molecule has 0 saturated carbocycles. The van der Waals surface area contributed by atoms with Gasteiger partial charge >= 0.3 is 5.97 Å². The lowest BCUT2D eigenvalue weighted by Crippen LogP contribution is -2.50. The number of pyridine rings is 1. The Morgan fingerprint density at radius 3 is 2.80 bits per heavy atom. The lowest BCUT2D eigenvalue weighted by atomic mass is 9.88. The van der Waals surface area contributed by atoms with Gasteiger partial charge < -0.3 is 15.0 Å². The maximum Gasteiger partial charge on any atom is 0.326 e. The van der Waals surface area contributed by atoms with E-state index in [9.17, 15) is 19.5 Å². The van der Waals surface area contributed by atoms with Crippen LogP contribution in [0.4, 0.5) is 0 Å². The predicted molar refractivity (Wildman–Crippen MR) is 72.5 cm³/mol. The minimum Gasteiger partial charge on any atom is -0.480 e. The van der Waals surface area contributed by atoms with Crippen molar-refractivity contribution in [2.24, 2.45) is 5.92 Å². The number of nitrogens with one attached hydrogen (secondary N) is 1. The number of aromatic amines is 1. The van der Waals surface area contributed by atoms with Crippen LogP contribution in [0.15, 0.2) is 23.0 Å². The van der Waals surface area contributed by atoms with Crippen molar-refractivity contribution < 1.29 is 14.7 Å². The molecule has 2 heterocycles. The van der Waals surface area contributed by atoms with Crippen LogP contribution in [-0.2, 0) is 4.79 Å². The maximum absolute atomic E-state index is 12.4. The Labute approximate surface area is 116 Å². The first kappa shape index (κ1) is 14.3. The van der Waals surface area contributed by atoms with E-state index in [0.717, 1.165) is 12.8 Å². The third kappa shape index (κ3) is 2.89. The van der Waals surface area contributed by atoms with Crippen molar-refractivity contribution in [3.05, 3.63) is 34.2 Å². The van der Waals surface area contributed by atoms with Crippen LogP contribution >= 0.6 is 0 Å². The summed E-state index contributed by atoms with van der Waals surface area (Å²) < 4.78 is 0. The molecule has 20 heavy (non-hydrogen) atoms. The molecule has 1 amide bonds. The number of likely N-dealkylation sites (tertiary alicyclic amines) is 1. The normalized spacial score (nSPS) is 22.6. The third-order valence-corrected chi connectivity index (χ3v) is 3.83. The van der Waals surface area contributed by atoms with E-state index in [0.29, 0.717) is 18.9 Å². The molecular formula is C14H18N2O4. The van der Waals surface area contributed by atoms with Gasteiger partial charge in [-0.05, 0) is 24.8 Å². The zero-order chi connectivity index (χ0) is 14.7. The Kier molecular flexibility index (Phi) is 4.22. The molecule has 108 valence electrons. The molecule has 0 spiro atoms. The van der Waals surface area contributed by atoms with E-state index in [-0.39, 0.29) is 11.3 Å². The Hall–Kier alpha value is -2.11. The summed E-state index contributed by atoms with van der Waals surface area (Å²) in [5.74, 6) is -1.09. The number of H-pyrrole nitrogens is 1. The van der Waals surface area contributed by atoms with Crippen LogP contribution < -0.4 is 5.56 Å². The maximum atomic E-state index is 12.4. The average Bonchev–Trinajstić information content (AvgIpc) is 2.45. The number of aromatic nitrogens is 1. The van der Waals surface area contributed by atoms with Crippen LogP contribution in [0.2, 0.25) is 0 Å². The highest BCUT2D eigenvalue weighted by Gasteiger charge is 2.36. The van der Waals surface area contributed by atoms with Crippen molar-refractivity contribution in [2.45, 2.75) is 32.2 Å². The molecule has 2 N–H and O–H groups in total. The number of amides is 1. The first-order valence-electron chi connectivity index (χ1n) is 6.76. The molecule has 2 rings (SSSR count). The van der Waals surface area contributed by atoms with Crippen LogP contribution in [-0.4, -0.2) is 39.5 Å². The summed E-state index contributed by atoms with van der Waals surface area (Å²) in [7, 11) is 0. The Balaban J connectivity index is 2.23. The molecule has 0 aromatic carbocycles. The van der Waals surface area contributed by atoms with Gasteiger partial charge in [0, 0.05) is 12.6 Å². The van der Waals surface area contributed by atoms with Gasteiger partial charge in [0.05, 0.1) is 0 Å². The van der Waals surface area contributed by atoms with Crippen molar-refractivity contribution in [3.63, 3.8) is 0 Å². The number of carboxylic acids is 1. The predicted octanol–water partition coefficient (Wildman–Crippen LogP) is 1.09. The summed E-state index contributed by atoms with van der Waals surface area (Å²) in [6.45, 7) is 2.43. The van der Waals surface area contributed by atoms with Gasteiger partial charge in [0.15, 0.2) is 0 Å².